The number of hydrogen-bond donors (Lipinski definition) is 1. The van der Waals surface area contributed by atoms with Gasteiger partial charge in [-0.25, -0.2) is 0 Å². The Hall–Kier alpha value is -1.22. The van der Waals surface area contributed by atoms with Crippen molar-refractivity contribution in [1.82, 2.24) is 5.32 Å². The third kappa shape index (κ3) is 3.66. The number of ether oxygens (including phenoxy) is 1. The van der Waals surface area contributed by atoms with Crippen LogP contribution in [0.2, 0.25) is 0 Å². The summed E-state index contributed by atoms with van der Waals surface area (Å²) in [6, 6.07) is 9.61. The van der Waals surface area contributed by atoms with E-state index in [1.807, 2.05) is 6.07 Å². The number of hydrogen-bond acceptors (Lipinski definition) is 3. The summed E-state index contributed by atoms with van der Waals surface area (Å²) in [4.78, 5) is 2.55. The molecule has 3 heteroatoms. The van der Waals surface area contributed by atoms with Crippen LogP contribution in [0.5, 0.6) is 5.75 Å². The largest absolute Gasteiger partial charge is 0.497 e. The first-order valence-electron chi connectivity index (χ1n) is 7.78. The highest BCUT2D eigenvalue weighted by molar-refractivity contribution is 5.52. The summed E-state index contributed by atoms with van der Waals surface area (Å²) < 4.78 is 5.36. The van der Waals surface area contributed by atoms with Gasteiger partial charge in [-0.3, -0.25) is 0 Å². The molecule has 0 bridgehead atoms. The molecular weight excluding hydrogens is 248 g/mol. The maximum atomic E-state index is 5.36. The Morgan fingerprint density at radius 1 is 1.40 bits per heavy atom. The van der Waals surface area contributed by atoms with Gasteiger partial charge in [0, 0.05) is 36.9 Å². The summed E-state index contributed by atoms with van der Waals surface area (Å²) in [5, 5.41) is 3.71. The molecule has 0 amide bonds. The standard InChI is InChI=1S/C17H28N2O/c1-5-15-11-18-14(9-13(2)3)12-19(15)16-7-6-8-17(10-16)20-4/h6-8,10,13-15,18H,5,9,11-12H2,1-4H3. The van der Waals surface area contributed by atoms with E-state index >= 15 is 0 Å². The molecule has 0 saturated carbocycles. The van der Waals surface area contributed by atoms with Gasteiger partial charge in [-0.15, -0.1) is 0 Å². The molecule has 1 saturated heterocycles. The van der Waals surface area contributed by atoms with Gasteiger partial charge in [0.05, 0.1) is 7.11 Å². The van der Waals surface area contributed by atoms with Gasteiger partial charge in [0.1, 0.15) is 5.75 Å². The highest BCUT2D eigenvalue weighted by atomic mass is 16.5. The first kappa shape index (κ1) is 15.2. The maximum Gasteiger partial charge on any atom is 0.120 e. The Morgan fingerprint density at radius 3 is 2.85 bits per heavy atom. The van der Waals surface area contributed by atoms with Crippen LogP contribution in [0.4, 0.5) is 5.69 Å². The van der Waals surface area contributed by atoms with E-state index in [2.05, 4.69) is 49.2 Å². The fourth-order valence-electron chi connectivity index (χ4n) is 3.06. The summed E-state index contributed by atoms with van der Waals surface area (Å²) in [7, 11) is 1.73. The van der Waals surface area contributed by atoms with Crippen LogP contribution < -0.4 is 15.0 Å². The highest BCUT2D eigenvalue weighted by Crippen LogP contribution is 2.26. The van der Waals surface area contributed by atoms with Crippen molar-refractivity contribution < 1.29 is 4.74 Å². The number of piperazine rings is 1. The molecule has 20 heavy (non-hydrogen) atoms. The van der Waals surface area contributed by atoms with Crippen LogP contribution in [0.1, 0.15) is 33.6 Å². The quantitative estimate of drug-likeness (QED) is 0.893. The van der Waals surface area contributed by atoms with Crippen molar-refractivity contribution in [2.24, 2.45) is 5.92 Å². The Morgan fingerprint density at radius 2 is 2.20 bits per heavy atom. The molecule has 1 fully saturated rings. The van der Waals surface area contributed by atoms with E-state index in [1.54, 1.807) is 7.11 Å². The minimum atomic E-state index is 0.575. The van der Waals surface area contributed by atoms with E-state index in [1.165, 1.54) is 18.5 Å². The lowest BCUT2D eigenvalue weighted by Gasteiger charge is -2.42. The molecule has 2 unspecified atom stereocenters. The second-order valence-electron chi connectivity index (χ2n) is 6.15. The summed E-state index contributed by atoms with van der Waals surface area (Å²) >= 11 is 0. The molecule has 1 aliphatic heterocycles. The molecular formula is C17H28N2O. The number of rotatable bonds is 5. The molecule has 3 nitrogen and oxygen atoms in total. The van der Waals surface area contributed by atoms with E-state index < -0.39 is 0 Å². The zero-order valence-corrected chi connectivity index (χ0v) is 13.2. The van der Waals surface area contributed by atoms with E-state index in [0.29, 0.717) is 12.1 Å². The zero-order chi connectivity index (χ0) is 14.5. The van der Waals surface area contributed by atoms with Crippen molar-refractivity contribution >= 4 is 5.69 Å². The molecule has 0 radical (unpaired) electrons. The van der Waals surface area contributed by atoms with Crippen molar-refractivity contribution in [2.75, 3.05) is 25.1 Å². The lowest BCUT2D eigenvalue weighted by molar-refractivity contribution is 0.343. The molecule has 2 rings (SSSR count). The Balaban J connectivity index is 2.15. The highest BCUT2D eigenvalue weighted by Gasteiger charge is 2.27. The Bertz CT molecular complexity index is 419. The average Bonchev–Trinajstić information content (AvgIpc) is 2.46. The monoisotopic (exact) mass is 276 g/mol. The van der Waals surface area contributed by atoms with Crippen molar-refractivity contribution in [3.8, 4) is 5.75 Å². The van der Waals surface area contributed by atoms with Gasteiger partial charge in [0.15, 0.2) is 0 Å². The SMILES string of the molecule is CCC1CNC(CC(C)C)CN1c1cccc(OC)c1. The van der Waals surface area contributed by atoms with E-state index in [0.717, 1.165) is 24.8 Å². The lowest BCUT2D eigenvalue weighted by atomic mass is 9.98. The molecule has 0 aliphatic carbocycles. The number of benzene rings is 1. The van der Waals surface area contributed by atoms with Crippen LogP contribution in [0, 0.1) is 5.92 Å². The fourth-order valence-corrected chi connectivity index (χ4v) is 3.06. The third-order valence-electron chi connectivity index (χ3n) is 4.11. The summed E-state index contributed by atoms with van der Waals surface area (Å²) in [5.41, 5.74) is 1.28. The third-order valence-corrected chi connectivity index (χ3v) is 4.11. The zero-order valence-electron chi connectivity index (χ0n) is 13.2. The summed E-state index contributed by atoms with van der Waals surface area (Å²) in [6.45, 7) is 9.02. The average molecular weight is 276 g/mol. The smallest absolute Gasteiger partial charge is 0.120 e. The van der Waals surface area contributed by atoms with E-state index in [4.69, 9.17) is 4.74 Å². The normalized spacial score (nSPS) is 23.1. The second-order valence-corrected chi connectivity index (χ2v) is 6.15. The first-order chi connectivity index (χ1) is 9.63. The van der Waals surface area contributed by atoms with Crippen molar-refractivity contribution in [3.63, 3.8) is 0 Å². The minimum absolute atomic E-state index is 0.575. The van der Waals surface area contributed by atoms with Gasteiger partial charge >= 0.3 is 0 Å². The van der Waals surface area contributed by atoms with Crippen LogP contribution in [0.25, 0.3) is 0 Å². The predicted octanol–water partition coefficient (Wildman–Crippen LogP) is 3.30. The molecule has 1 aromatic carbocycles. The Labute approximate surface area is 123 Å². The molecule has 0 spiro atoms. The van der Waals surface area contributed by atoms with Gasteiger partial charge in [-0.2, -0.15) is 0 Å². The topological polar surface area (TPSA) is 24.5 Å². The molecule has 1 heterocycles. The van der Waals surface area contributed by atoms with E-state index in [-0.39, 0.29) is 0 Å². The Kier molecular flexibility index (Phi) is 5.30. The fraction of sp³-hybridized carbons (Fsp3) is 0.647. The second kappa shape index (κ2) is 6.98. The van der Waals surface area contributed by atoms with E-state index in [9.17, 15) is 0 Å². The van der Waals surface area contributed by atoms with Crippen molar-refractivity contribution in [3.05, 3.63) is 24.3 Å². The molecule has 112 valence electrons. The van der Waals surface area contributed by atoms with Crippen LogP contribution in [-0.2, 0) is 0 Å². The molecule has 1 aromatic rings. The molecule has 0 aromatic heterocycles. The number of nitrogens with one attached hydrogen (secondary N) is 1. The number of methoxy groups -OCH3 is 1. The summed E-state index contributed by atoms with van der Waals surface area (Å²) in [6.07, 6.45) is 2.40. The van der Waals surface area contributed by atoms with Crippen LogP contribution in [0.15, 0.2) is 24.3 Å². The van der Waals surface area contributed by atoms with Crippen molar-refractivity contribution in [1.29, 1.82) is 0 Å². The summed E-state index contributed by atoms with van der Waals surface area (Å²) in [5.74, 6) is 1.68. The molecule has 2 atom stereocenters. The first-order valence-corrected chi connectivity index (χ1v) is 7.78. The van der Waals surface area contributed by atoms with Crippen LogP contribution in [-0.4, -0.2) is 32.3 Å². The molecule has 1 aliphatic rings. The number of anilines is 1. The van der Waals surface area contributed by atoms with Crippen LogP contribution in [0.3, 0.4) is 0 Å². The lowest BCUT2D eigenvalue weighted by Crippen LogP contribution is -2.56. The van der Waals surface area contributed by atoms with Crippen LogP contribution >= 0.6 is 0 Å². The van der Waals surface area contributed by atoms with Gasteiger partial charge in [0.25, 0.3) is 0 Å². The van der Waals surface area contributed by atoms with Crippen molar-refractivity contribution in [2.45, 2.75) is 45.7 Å². The van der Waals surface area contributed by atoms with Gasteiger partial charge in [0.2, 0.25) is 0 Å². The van der Waals surface area contributed by atoms with Gasteiger partial charge in [-0.05, 0) is 30.9 Å². The van der Waals surface area contributed by atoms with Gasteiger partial charge in [-0.1, -0.05) is 26.8 Å². The predicted molar refractivity (Wildman–Crippen MR) is 85.7 cm³/mol. The van der Waals surface area contributed by atoms with Gasteiger partial charge < -0.3 is 15.0 Å². The maximum absolute atomic E-state index is 5.36. The number of nitrogens with zero attached hydrogens (tertiary/aromatic N) is 1. The molecule has 1 N–H and O–H groups in total. The minimum Gasteiger partial charge on any atom is -0.497 e.